The van der Waals surface area contributed by atoms with Gasteiger partial charge in [-0.15, -0.1) is 0 Å². The molecule has 7 heteroatoms. The average Bonchev–Trinajstić information content (AvgIpc) is 2.92. The molecule has 0 N–H and O–H groups in total. The maximum absolute atomic E-state index is 13.8. The second-order valence-corrected chi connectivity index (χ2v) is 7.13. The monoisotopic (exact) mass is 398 g/mol. The summed E-state index contributed by atoms with van der Waals surface area (Å²) in [4.78, 5) is 39.9. The lowest BCUT2D eigenvalue weighted by Crippen LogP contribution is -2.32. The Labute approximate surface area is 168 Å². The van der Waals surface area contributed by atoms with Crippen LogP contribution >= 0.6 is 0 Å². The van der Waals surface area contributed by atoms with E-state index in [1.54, 1.807) is 31.3 Å². The highest BCUT2D eigenvalue weighted by Crippen LogP contribution is 2.24. The van der Waals surface area contributed by atoms with E-state index in [9.17, 15) is 18.8 Å². The summed E-state index contributed by atoms with van der Waals surface area (Å²) < 4.78 is 18.7. The fraction of sp³-hybridized carbons (Fsp3) is 0.318. The molecule has 0 bridgehead atoms. The van der Waals surface area contributed by atoms with Crippen LogP contribution in [0.5, 0.6) is 5.75 Å². The molecule has 0 fully saturated rings. The van der Waals surface area contributed by atoms with E-state index in [0.717, 1.165) is 5.56 Å². The van der Waals surface area contributed by atoms with Gasteiger partial charge in [0.25, 0.3) is 11.8 Å². The van der Waals surface area contributed by atoms with Crippen molar-refractivity contribution in [2.45, 2.75) is 26.3 Å². The number of halogens is 1. The second kappa shape index (κ2) is 8.43. The van der Waals surface area contributed by atoms with Crippen molar-refractivity contribution in [1.82, 2.24) is 9.80 Å². The van der Waals surface area contributed by atoms with Crippen LogP contribution in [0.3, 0.4) is 0 Å². The Morgan fingerprint density at radius 1 is 1.10 bits per heavy atom. The number of hydrogen-bond acceptors (Lipinski definition) is 4. The van der Waals surface area contributed by atoms with Gasteiger partial charge in [-0.25, -0.2) is 4.39 Å². The van der Waals surface area contributed by atoms with Crippen LogP contribution in [0, 0.1) is 12.7 Å². The molecule has 0 radical (unpaired) electrons. The van der Waals surface area contributed by atoms with Crippen LogP contribution in [0.1, 0.15) is 44.7 Å². The summed E-state index contributed by atoms with van der Waals surface area (Å²) in [7, 11) is 3.03. The molecule has 0 spiro atoms. The summed E-state index contributed by atoms with van der Waals surface area (Å²) in [6.45, 7) is 2.30. The van der Waals surface area contributed by atoms with Crippen LogP contribution in [-0.2, 0) is 11.3 Å². The number of benzene rings is 2. The van der Waals surface area contributed by atoms with Crippen molar-refractivity contribution in [3.63, 3.8) is 0 Å². The van der Waals surface area contributed by atoms with Gasteiger partial charge in [-0.2, -0.15) is 0 Å². The zero-order chi connectivity index (χ0) is 21.1. The van der Waals surface area contributed by atoms with Crippen molar-refractivity contribution in [1.29, 1.82) is 0 Å². The van der Waals surface area contributed by atoms with Crippen molar-refractivity contribution in [3.8, 4) is 5.75 Å². The van der Waals surface area contributed by atoms with Crippen molar-refractivity contribution >= 4 is 17.7 Å². The van der Waals surface area contributed by atoms with Crippen LogP contribution in [0.2, 0.25) is 0 Å². The molecule has 3 amide bonds. The normalized spacial score (nSPS) is 12.9. The molecule has 0 aromatic heterocycles. The molecule has 6 nitrogen and oxygen atoms in total. The Kier molecular flexibility index (Phi) is 5.96. The molecule has 0 saturated carbocycles. The predicted octanol–water partition coefficient (Wildman–Crippen LogP) is 3.18. The van der Waals surface area contributed by atoms with Gasteiger partial charge in [0.2, 0.25) is 5.91 Å². The fourth-order valence-electron chi connectivity index (χ4n) is 3.36. The van der Waals surface area contributed by atoms with E-state index in [2.05, 4.69) is 0 Å². The molecule has 2 aromatic carbocycles. The van der Waals surface area contributed by atoms with Gasteiger partial charge in [0.15, 0.2) is 11.6 Å². The molecule has 3 rings (SSSR count). The van der Waals surface area contributed by atoms with E-state index in [0.29, 0.717) is 23.1 Å². The number of amides is 3. The molecule has 0 saturated heterocycles. The first kappa shape index (κ1) is 20.5. The minimum atomic E-state index is -0.480. The minimum absolute atomic E-state index is 0.145. The van der Waals surface area contributed by atoms with Gasteiger partial charge in [-0.3, -0.25) is 19.3 Å². The summed E-state index contributed by atoms with van der Waals surface area (Å²) in [6.07, 6.45) is 0.548. The third-order valence-corrected chi connectivity index (χ3v) is 4.96. The average molecular weight is 398 g/mol. The summed E-state index contributed by atoms with van der Waals surface area (Å²) in [5, 5.41) is 0. The molecular formula is C22H23FN2O4. The summed E-state index contributed by atoms with van der Waals surface area (Å²) in [6, 6.07) is 9.73. The lowest BCUT2D eigenvalue weighted by molar-refractivity contribution is -0.130. The molecule has 1 aliphatic heterocycles. The van der Waals surface area contributed by atoms with Gasteiger partial charge in [-0.05, 0) is 43.2 Å². The Morgan fingerprint density at radius 3 is 2.52 bits per heavy atom. The number of fused-ring (bicyclic) bond motifs is 1. The van der Waals surface area contributed by atoms with E-state index in [1.165, 1.54) is 29.0 Å². The summed E-state index contributed by atoms with van der Waals surface area (Å²) >= 11 is 0. The number of rotatable bonds is 7. The largest absolute Gasteiger partial charge is 0.494 e. The van der Waals surface area contributed by atoms with Crippen LogP contribution in [0.25, 0.3) is 0 Å². The lowest BCUT2D eigenvalue weighted by atomic mass is 10.1. The van der Waals surface area contributed by atoms with Crippen molar-refractivity contribution in [2.24, 2.45) is 0 Å². The standard InChI is InChI=1S/C22H23FN2O4/c1-14-6-8-16-17(11-14)22(28)25(21(16)27)10-4-5-20(26)24(2)13-15-7-9-19(29-3)18(23)12-15/h6-9,11-12H,4-5,10,13H2,1-3H3. The van der Waals surface area contributed by atoms with Crippen LogP contribution in [-0.4, -0.2) is 48.2 Å². The van der Waals surface area contributed by atoms with Gasteiger partial charge >= 0.3 is 0 Å². The maximum atomic E-state index is 13.8. The molecule has 1 aliphatic rings. The SMILES string of the molecule is COc1ccc(CN(C)C(=O)CCCN2C(=O)c3ccc(C)cc3C2=O)cc1F. The van der Waals surface area contributed by atoms with Gasteiger partial charge in [0.1, 0.15) is 0 Å². The zero-order valence-electron chi connectivity index (χ0n) is 16.7. The fourth-order valence-corrected chi connectivity index (χ4v) is 3.36. The highest BCUT2D eigenvalue weighted by atomic mass is 19.1. The second-order valence-electron chi connectivity index (χ2n) is 7.13. The van der Waals surface area contributed by atoms with Gasteiger partial charge in [-0.1, -0.05) is 17.7 Å². The number of ether oxygens (including phenoxy) is 1. The molecular weight excluding hydrogens is 375 g/mol. The first-order valence-corrected chi connectivity index (χ1v) is 9.35. The number of aryl methyl sites for hydroxylation is 1. The topological polar surface area (TPSA) is 66.9 Å². The Hall–Kier alpha value is -3.22. The highest BCUT2D eigenvalue weighted by molar-refractivity contribution is 6.21. The van der Waals surface area contributed by atoms with E-state index >= 15 is 0 Å². The first-order valence-electron chi connectivity index (χ1n) is 9.35. The minimum Gasteiger partial charge on any atom is -0.494 e. The van der Waals surface area contributed by atoms with Gasteiger partial charge in [0.05, 0.1) is 18.2 Å². The van der Waals surface area contributed by atoms with E-state index in [1.807, 2.05) is 6.92 Å². The Morgan fingerprint density at radius 2 is 1.83 bits per heavy atom. The number of methoxy groups -OCH3 is 1. The van der Waals surface area contributed by atoms with Crippen molar-refractivity contribution in [3.05, 3.63) is 64.5 Å². The Bertz CT molecular complexity index is 973. The van der Waals surface area contributed by atoms with E-state index < -0.39 is 5.82 Å². The van der Waals surface area contributed by atoms with E-state index in [-0.39, 0.29) is 43.0 Å². The van der Waals surface area contributed by atoms with Crippen LogP contribution in [0.15, 0.2) is 36.4 Å². The Balaban J connectivity index is 1.53. The first-order chi connectivity index (χ1) is 13.8. The van der Waals surface area contributed by atoms with Gasteiger partial charge in [0, 0.05) is 26.6 Å². The third-order valence-electron chi connectivity index (χ3n) is 4.96. The third kappa shape index (κ3) is 4.29. The number of carbonyl (C=O) groups is 3. The van der Waals surface area contributed by atoms with Crippen LogP contribution < -0.4 is 4.74 Å². The van der Waals surface area contributed by atoms with Crippen molar-refractivity contribution < 1.29 is 23.5 Å². The van der Waals surface area contributed by atoms with Crippen LogP contribution in [0.4, 0.5) is 4.39 Å². The highest BCUT2D eigenvalue weighted by Gasteiger charge is 2.35. The zero-order valence-corrected chi connectivity index (χ0v) is 16.7. The molecule has 0 atom stereocenters. The van der Waals surface area contributed by atoms with E-state index in [4.69, 9.17) is 4.74 Å². The predicted molar refractivity (Wildman–Crippen MR) is 105 cm³/mol. The number of nitrogens with zero attached hydrogens (tertiary/aromatic N) is 2. The number of hydrogen-bond donors (Lipinski definition) is 0. The lowest BCUT2D eigenvalue weighted by Gasteiger charge is -2.19. The molecule has 29 heavy (non-hydrogen) atoms. The van der Waals surface area contributed by atoms with Crippen molar-refractivity contribution in [2.75, 3.05) is 20.7 Å². The summed E-state index contributed by atoms with van der Waals surface area (Å²) in [5.41, 5.74) is 2.39. The molecule has 152 valence electrons. The molecule has 0 unspecified atom stereocenters. The molecule has 2 aromatic rings. The van der Waals surface area contributed by atoms with Gasteiger partial charge < -0.3 is 9.64 Å². The molecule has 0 aliphatic carbocycles. The quantitative estimate of drug-likeness (QED) is 0.672. The summed E-state index contributed by atoms with van der Waals surface area (Å²) in [5.74, 6) is -1.11. The number of carbonyl (C=O) groups excluding carboxylic acids is 3. The number of imide groups is 1. The smallest absolute Gasteiger partial charge is 0.261 e. The molecule has 1 heterocycles. The maximum Gasteiger partial charge on any atom is 0.261 e.